The lowest BCUT2D eigenvalue weighted by Gasteiger charge is -2.32. The molecule has 5 heteroatoms. The molecule has 1 saturated heterocycles. The predicted octanol–water partition coefficient (Wildman–Crippen LogP) is 2.69. The predicted molar refractivity (Wildman–Crippen MR) is 82.8 cm³/mol. The van der Waals surface area contributed by atoms with E-state index in [-0.39, 0.29) is 11.2 Å². The maximum atomic E-state index is 6.09. The number of nitrogens with one attached hydrogen (secondary N) is 1. The van der Waals surface area contributed by atoms with Crippen molar-refractivity contribution >= 4 is 18.2 Å². The van der Waals surface area contributed by atoms with Gasteiger partial charge in [-0.05, 0) is 47.1 Å². The van der Waals surface area contributed by atoms with Gasteiger partial charge in [-0.25, -0.2) is 0 Å². The molecule has 0 atom stereocenters. The van der Waals surface area contributed by atoms with E-state index in [1.165, 1.54) is 0 Å². The zero-order chi connectivity index (χ0) is 15.0. The number of hydrogen-bond acceptors (Lipinski definition) is 3. The first-order valence-electron chi connectivity index (χ1n) is 7.00. The summed E-state index contributed by atoms with van der Waals surface area (Å²) in [7, 11) is -0.394. The number of aromatic amines is 1. The van der Waals surface area contributed by atoms with Crippen LogP contribution in [0.5, 0.6) is 0 Å². The molecule has 1 aromatic rings. The first kappa shape index (κ1) is 15.1. The Labute approximate surface area is 121 Å². The van der Waals surface area contributed by atoms with E-state index >= 15 is 0 Å². The number of H-pyrrole nitrogens is 1. The van der Waals surface area contributed by atoms with Crippen LogP contribution in [0.1, 0.15) is 47.2 Å². The summed E-state index contributed by atoms with van der Waals surface area (Å²) in [5.74, 6) is 0. The lowest BCUT2D eigenvalue weighted by molar-refractivity contribution is 0.00578. The zero-order valence-corrected chi connectivity index (χ0v) is 13.2. The van der Waals surface area contributed by atoms with E-state index < -0.39 is 7.12 Å². The van der Waals surface area contributed by atoms with Gasteiger partial charge in [-0.3, -0.25) is 5.10 Å². The van der Waals surface area contributed by atoms with Gasteiger partial charge in [0.15, 0.2) is 0 Å². The maximum absolute atomic E-state index is 6.09. The van der Waals surface area contributed by atoms with Crippen molar-refractivity contribution in [3.63, 3.8) is 0 Å². The van der Waals surface area contributed by atoms with Gasteiger partial charge in [0.1, 0.15) is 0 Å². The van der Waals surface area contributed by atoms with Crippen molar-refractivity contribution in [1.29, 1.82) is 0 Å². The molecule has 1 aliphatic heterocycles. The van der Waals surface area contributed by atoms with Crippen molar-refractivity contribution in [3.8, 4) is 0 Å². The SMILES string of the molecule is C/C=C\C(=C/C)c1[nH]ncc1B1OC(C)(C)C(C)(C)O1. The topological polar surface area (TPSA) is 47.1 Å². The fourth-order valence-electron chi connectivity index (χ4n) is 2.18. The molecule has 2 rings (SSSR count). The Balaban J connectivity index is 2.36. The van der Waals surface area contributed by atoms with Crippen LogP contribution in [0.4, 0.5) is 0 Å². The van der Waals surface area contributed by atoms with E-state index in [9.17, 15) is 0 Å². The van der Waals surface area contributed by atoms with Gasteiger partial charge in [0.25, 0.3) is 0 Å². The van der Waals surface area contributed by atoms with Crippen molar-refractivity contribution in [2.24, 2.45) is 0 Å². The van der Waals surface area contributed by atoms with E-state index in [0.29, 0.717) is 0 Å². The Bertz CT molecular complexity index is 528. The molecule has 1 aliphatic rings. The smallest absolute Gasteiger partial charge is 0.399 e. The second-order valence-corrected chi connectivity index (χ2v) is 6.03. The average Bonchev–Trinajstić information content (AvgIpc) is 2.90. The van der Waals surface area contributed by atoms with Gasteiger partial charge in [-0.1, -0.05) is 18.2 Å². The molecule has 0 aromatic carbocycles. The molecule has 0 bridgehead atoms. The van der Waals surface area contributed by atoms with Crippen LogP contribution >= 0.6 is 0 Å². The molecule has 0 spiro atoms. The quantitative estimate of drug-likeness (QED) is 0.681. The largest absolute Gasteiger partial charge is 0.498 e. The van der Waals surface area contributed by atoms with Crippen LogP contribution in [0, 0.1) is 0 Å². The fourth-order valence-corrected chi connectivity index (χ4v) is 2.18. The number of rotatable bonds is 3. The molecule has 2 heterocycles. The van der Waals surface area contributed by atoms with Gasteiger partial charge >= 0.3 is 7.12 Å². The molecule has 1 N–H and O–H groups in total. The van der Waals surface area contributed by atoms with Crippen LogP contribution in [-0.2, 0) is 9.31 Å². The van der Waals surface area contributed by atoms with Gasteiger partial charge in [0, 0.05) is 11.7 Å². The van der Waals surface area contributed by atoms with Crippen molar-refractivity contribution in [1.82, 2.24) is 10.2 Å². The summed E-state index contributed by atoms with van der Waals surface area (Å²) in [6, 6.07) is 0. The van der Waals surface area contributed by atoms with Gasteiger partial charge in [0.2, 0.25) is 0 Å². The van der Waals surface area contributed by atoms with Crippen LogP contribution in [0.3, 0.4) is 0 Å². The van der Waals surface area contributed by atoms with Gasteiger partial charge in [-0.2, -0.15) is 5.10 Å². The monoisotopic (exact) mass is 274 g/mol. The molecule has 0 saturated carbocycles. The molecular weight excluding hydrogens is 251 g/mol. The first-order valence-corrected chi connectivity index (χ1v) is 7.00. The molecule has 0 radical (unpaired) electrons. The minimum atomic E-state index is -0.394. The number of allylic oxidation sites excluding steroid dienone is 4. The third kappa shape index (κ3) is 2.48. The second kappa shape index (κ2) is 5.22. The Morgan fingerprint density at radius 1 is 1.20 bits per heavy atom. The average molecular weight is 274 g/mol. The van der Waals surface area contributed by atoms with Crippen molar-refractivity contribution in [3.05, 3.63) is 30.1 Å². The standard InChI is InChI=1S/C15H23BN2O2/c1-7-9-11(8-2)13-12(10-17-18-13)16-19-14(3,4)15(5,6)20-16/h7-10H,1-6H3,(H,17,18)/b9-7-,11-8+. The summed E-state index contributed by atoms with van der Waals surface area (Å²) in [5, 5.41) is 7.20. The van der Waals surface area contributed by atoms with Crippen LogP contribution in [0.25, 0.3) is 5.57 Å². The maximum Gasteiger partial charge on any atom is 0.498 e. The van der Waals surface area contributed by atoms with Crippen LogP contribution in [-0.4, -0.2) is 28.5 Å². The van der Waals surface area contributed by atoms with Crippen LogP contribution in [0.15, 0.2) is 24.4 Å². The van der Waals surface area contributed by atoms with Crippen molar-refractivity contribution < 1.29 is 9.31 Å². The van der Waals surface area contributed by atoms with Gasteiger partial charge in [0.05, 0.1) is 16.9 Å². The number of aromatic nitrogens is 2. The van der Waals surface area contributed by atoms with Crippen LogP contribution in [0.2, 0.25) is 0 Å². The fraction of sp³-hybridized carbons (Fsp3) is 0.533. The highest BCUT2D eigenvalue weighted by Gasteiger charge is 2.52. The van der Waals surface area contributed by atoms with E-state index in [1.807, 2.05) is 32.1 Å². The molecule has 108 valence electrons. The molecule has 0 aliphatic carbocycles. The molecule has 4 nitrogen and oxygen atoms in total. The molecule has 20 heavy (non-hydrogen) atoms. The summed E-state index contributed by atoms with van der Waals surface area (Å²) in [5.41, 5.74) is 2.28. The van der Waals surface area contributed by atoms with Crippen molar-refractivity contribution in [2.45, 2.75) is 52.7 Å². The molecule has 1 aromatic heterocycles. The summed E-state index contributed by atoms with van der Waals surface area (Å²) >= 11 is 0. The van der Waals surface area contributed by atoms with Crippen molar-refractivity contribution in [2.75, 3.05) is 0 Å². The summed E-state index contributed by atoms with van der Waals surface area (Å²) in [6.07, 6.45) is 7.87. The van der Waals surface area contributed by atoms with E-state index in [0.717, 1.165) is 16.7 Å². The van der Waals surface area contributed by atoms with E-state index in [1.54, 1.807) is 6.20 Å². The number of hydrogen-bond donors (Lipinski definition) is 1. The zero-order valence-electron chi connectivity index (χ0n) is 13.2. The highest BCUT2D eigenvalue weighted by atomic mass is 16.7. The number of nitrogens with zero attached hydrogens (tertiary/aromatic N) is 1. The third-order valence-electron chi connectivity index (χ3n) is 4.12. The summed E-state index contributed by atoms with van der Waals surface area (Å²) in [6.45, 7) is 12.2. The Hall–Kier alpha value is -1.33. The summed E-state index contributed by atoms with van der Waals surface area (Å²) < 4.78 is 12.2. The molecule has 1 fully saturated rings. The summed E-state index contributed by atoms with van der Waals surface area (Å²) in [4.78, 5) is 0. The Morgan fingerprint density at radius 3 is 2.30 bits per heavy atom. The third-order valence-corrected chi connectivity index (χ3v) is 4.12. The highest BCUT2D eigenvalue weighted by molar-refractivity contribution is 6.63. The second-order valence-electron chi connectivity index (χ2n) is 6.03. The molecule has 0 unspecified atom stereocenters. The van der Waals surface area contributed by atoms with E-state index in [4.69, 9.17) is 9.31 Å². The van der Waals surface area contributed by atoms with E-state index in [2.05, 4.69) is 37.9 Å². The lowest BCUT2D eigenvalue weighted by atomic mass is 9.78. The first-order chi connectivity index (χ1) is 9.32. The Kier molecular flexibility index (Phi) is 3.94. The molecule has 0 amide bonds. The van der Waals surface area contributed by atoms with Gasteiger partial charge < -0.3 is 9.31 Å². The Morgan fingerprint density at radius 2 is 1.80 bits per heavy atom. The minimum absolute atomic E-state index is 0.344. The van der Waals surface area contributed by atoms with Crippen LogP contribution < -0.4 is 5.46 Å². The highest BCUT2D eigenvalue weighted by Crippen LogP contribution is 2.36. The van der Waals surface area contributed by atoms with Gasteiger partial charge in [-0.15, -0.1) is 0 Å². The lowest BCUT2D eigenvalue weighted by Crippen LogP contribution is -2.41. The normalized spacial score (nSPS) is 21.9. The molecular formula is C15H23BN2O2. The minimum Gasteiger partial charge on any atom is -0.399 e.